The fourth-order valence-electron chi connectivity index (χ4n) is 3.68. The number of carbonyl (C=O) groups is 1. The summed E-state index contributed by atoms with van der Waals surface area (Å²) in [6.45, 7) is 0. The number of fused-ring (bicyclic) bond motifs is 2. The molecule has 2 aromatic heterocycles. The van der Waals surface area contributed by atoms with Gasteiger partial charge < -0.3 is 9.64 Å². The molecule has 2 aliphatic heterocycles. The lowest BCUT2D eigenvalue weighted by molar-refractivity contribution is 0.0343. The van der Waals surface area contributed by atoms with Crippen LogP contribution in [-0.2, 0) is 0 Å². The summed E-state index contributed by atoms with van der Waals surface area (Å²) in [5, 5.41) is 0. The van der Waals surface area contributed by atoms with Crippen LogP contribution in [-0.4, -0.2) is 43.9 Å². The molecule has 6 heteroatoms. The van der Waals surface area contributed by atoms with Crippen LogP contribution in [0.5, 0.6) is 5.88 Å². The monoisotopic (exact) mass is 310 g/mol. The number of pyridine rings is 1. The molecule has 0 aliphatic carbocycles. The predicted molar refractivity (Wildman–Crippen MR) is 82.9 cm³/mol. The molecule has 1 amide bonds. The van der Waals surface area contributed by atoms with Crippen molar-refractivity contribution >= 4 is 5.91 Å². The molecule has 118 valence electrons. The molecule has 2 atom stereocenters. The number of piperidine rings is 1. The number of hydrogen-bond donors (Lipinski definition) is 0. The average Bonchev–Trinajstić information content (AvgIpc) is 2.87. The number of rotatable bonds is 3. The molecule has 4 rings (SSSR count). The maximum atomic E-state index is 12.7. The summed E-state index contributed by atoms with van der Waals surface area (Å²) in [7, 11) is 0. The van der Waals surface area contributed by atoms with Gasteiger partial charge in [0, 0.05) is 49.6 Å². The van der Waals surface area contributed by atoms with Crippen molar-refractivity contribution in [3.05, 3.63) is 48.7 Å². The van der Waals surface area contributed by atoms with E-state index in [1.165, 1.54) is 6.20 Å². The highest BCUT2D eigenvalue weighted by Crippen LogP contribution is 2.37. The Hall–Kier alpha value is -2.50. The Morgan fingerprint density at radius 3 is 2.57 bits per heavy atom. The van der Waals surface area contributed by atoms with Gasteiger partial charge in [-0.3, -0.25) is 9.78 Å². The largest absolute Gasteiger partial charge is 0.474 e. The van der Waals surface area contributed by atoms with Crippen molar-refractivity contribution in [3.8, 4) is 5.88 Å². The molecule has 0 spiro atoms. The van der Waals surface area contributed by atoms with Crippen molar-refractivity contribution in [1.29, 1.82) is 0 Å². The van der Waals surface area contributed by atoms with Gasteiger partial charge in [0.25, 0.3) is 5.91 Å². The molecule has 23 heavy (non-hydrogen) atoms. The Morgan fingerprint density at radius 2 is 1.91 bits per heavy atom. The van der Waals surface area contributed by atoms with E-state index in [2.05, 4.69) is 15.0 Å². The van der Waals surface area contributed by atoms with Crippen LogP contribution in [0.25, 0.3) is 0 Å². The van der Waals surface area contributed by atoms with Crippen LogP contribution >= 0.6 is 0 Å². The van der Waals surface area contributed by atoms with Gasteiger partial charge in [-0.25, -0.2) is 9.97 Å². The lowest BCUT2D eigenvalue weighted by atomic mass is 9.99. The SMILES string of the molecule is O=C(c1cnccn1)N1C2CCC1CC(Oc1ccccn1)C2. The molecule has 6 nitrogen and oxygen atoms in total. The quantitative estimate of drug-likeness (QED) is 0.868. The predicted octanol–water partition coefficient (Wildman–Crippen LogP) is 2.09. The summed E-state index contributed by atoms with van der Waals surface area (Å²) in [5.74, 6) is 0.646. The first-order chi connectivity index (χ1) is 11.3. The van der Waals surface area contributed by atoms with Crippen LogP contribution in [0.1, 0.15) is 36.2 Å². The third-order valence-electron chi connectivity index (χ3n) is 4.63. The minimum absolute atomic E-state index is 0.0121. The number of ether oxygens (including phenoxy) is 1. The van der Waals surface area contributed by atoms with Crippen molar-refractivity contribution in [3.63, 3.8) is 0 Å². The van der Waals surface area contributed by atoms with Gasteiger partial charge in [0.1, 0.15) is 11.8 Å². The lowest BCUT2D eigenvalue weighted by Gasteiger charge is -2.38. The van der Waals surface area contributed by atoms with Gasteiger partial charge in [-0.1, -0.05) is 6.07 Å². The summed E-state index contributed by atoms with van der Waals surface area (Å²) in [5.41, 5.74) is 0.425. The smallest absolute Gasteiger partial charge is 0.274 e. The van der Waals surface area contributed by atoms with Gasteiger partial charge in [-0.2, -0.15) is 0 Å². The number of aromatic nitrogens is 3. The second-order valence-corrected chi connectivity index (χ2v) is 6.07. The minimum atomic E-state index is -0.0121. The number of carbonyl (C=O) groups excluding carboxylic acids is 1. The van der Waals surface area contributed by atoms with E-state index < -0.39 is 0 Å². The molecular formula is C17H18N4O2. The number of amides is 1. The van der Waals surface area contributed by atoms with Crippen molar-refractivity contribution in [2.24, 2.45) is 0 Å². The molecule has 2 unspecified atom stereocenters. The highest BCUT2D eigenvalue weighted by atomic mass is 16.5. The topological polar surface area (TPSA) is 68.2 Å². The first-order valence-electron chi connectivity index (χ1n) is 7.97. The molecule has 2 fully saturated rings. The fourth-order valence-corrected chi connectivity index (χ4v) is 3.68. The zero-order chi connectivity index (χ0) is 15.6. The van der Waals surface area contributed by atoms with Crippen LogP contribution < -0.4 is 4.74 Å². The van der Waals surface area contributed by atoms with Crippen molar-refractivity contribution in [1.82, 2.24) is 19.9 Å². The molecular weight excluding hydrogens is 292 g/mol. The summed E-state index contributed by atoms with van der Waals surface area (Å²) >= 11 is 0. The van der Waals surface area contributed by atoms with Crippen molar-refractivity contribution in [2.45, 2.75) is 43.9 Å². The Bertz CT molecular complexity index is 666. The van der Waals surface area contributed by atoms with Crippen molar-refractivity contribution in [2.75, 3.05) is 0 Å². The first kappa shape index (κ1) is 14.1. The average molecular weight is 310 g/mol. The van der Waals surface area contributed by atoms with E-state index in [1.807, 2.05) is 23.1 Å². The van der Waals surface area contributed by atoms with E-state index in [0.29, 0.717) is 11.6 Å². The Morgan fingerprint density at radius 1 is 1.09 bits per heavy atom. The lowest BCUT2D eigenvalue weighted by Crippen LogP contribution is -2.49. The van der Waals surface area contributed by atoms with Gasteiger partial charge in [0.05, 0.1) is 6.20 Å². The normalized spacial score (nSPS) is 26.1. The van der Waals surface area contributed by atoms with E-state index in [9.17, 15) is 4.79 Å². The second kappa shape index (κ2) is 5.95. The van der Waals surface area contributed by atoms with E-state index in [0.717, 1.165) is 25.7 Å². The Labute approximate surface area is 134 Å². The van der Waals surface area contributed by atoms with Crippen LogP contribution in [0.15, 0.2) is 43.0 Å². The summed E-state index contributed by atoms with van der Waals surface area (Å²) in [6.07, 6.45) is 10.3. The molecule has 0 saturated carbocycles. The number of hydrogen-bond acceptors (Lipinski definition) is 5. The zero-order valence-electron chi connectivity index (χ0n) is 12.7. The maximum Gasteiger partial charge on any atom is 0.274 e. The number of nitrogens with zero attached hydrogens (tertiary/aromatic N) is 4. The molecule has 4 heterocycles. The van der Waals surface area contributed by atoms with E-state index >= 15 is 0 Å². The molecule has 2 saturated heterocycles. The first-order valence-corrected chi connectivity index (χ1v) is 7.97. The molecule has 2 aliphatic rings. The van der Waals surface area contributed by atoms with E-state index in [4.69, 9.17) is 4.74 Å². The highest BCUT2D eigenvalue weighted by Gasteiger charge is 2.44. The second-order valence-electron chi connectivity index (χ2n) is 6.07. The molecule has 0 N–H and O–H groups in total. The standard InChI is InChI=1S/C17H18N4O2/c22-17(15-11-18-7-8-19-15)21-12-4-5-13(21)10-14(9-12)23-16-3-1-2-6-20-16/h1-3,6-8,11-14H,4-5,9-10H2. The summed E-state index contributed by atoms with van der Waals surface area (Å²) in [6, 6.07) is 6.11. The van der Waals surface area contributed by atoms with Gasteiger partial charge in [-0.05, 0) is 18.9 Å². The van der Waals surface area contributed by atoms with Crippen LogP contribution in [0, 0.1) is 0 Å². The summed E-state index contributed by atoms with van der Waals surface area (Å²) in [4.78, 5) is 27.0. The fraction of sp³-hybridized carbons (Fsp3) is 0.412. The zero-order valence-corrected chi connectivity index (χ0v) is 12.7. The molecule has 0 radical (unpaired) electrons. The van der Waals surface area contributed by atoms with Crippen LogP contribution in [0.4, 0.5) is 0 Å². The Balaban J connectivity index is 1.47. The third kappa shape index (κ3) is 2.76. The highest BCUT2D eigenvalue weighted by molar-refractivity contribution is 5.92. The maximum absolute atomic E-state index is 12.7. The van der Waals surface area contributed by atoms with Gasteiger partial charge >= 0.3 is 0 Å². The van der Waals surface area contributed by atoms with Gasteiger partial charge in [0.15, 0.2) is 0 Å². The molecule has 2 aromatic rings. The van der Waals surface area contributed by atoms with E-state index in [1.54, 1.807) is 18.6 Å². The van der Waals surface area contributed by atoms with Crippen LogP contribution in [0.3, 0.4) is 0 Å². The minimum Gasteiger partial charge on any atom is -0.474 e. The van der Waals surface area contributed by atoms with Gasteiger partial charge in [0.2, 0.25) is 5.88 Å². The van der Waals surface area contributed by atoms with Crippen molar-refractivity contribution < 1.29 is 9.53 Å². The Kier molecular flexibility index (Phi) is 3.65. The third-order valence-corrected chi connectivity index (χ3v) is 4.63. The summed E-state index contributed by atoms with van der Waals surface area (Å²) < 4.78 is 5.99. The molecule has 0 aromatic carbocycles. The van der Waals surface area contributed by atoms with E-state index in [-0.39, 0.29) is 24.1 Å². The molecule has 2 bridgehead atoms. The van der Waals surface area contributed by atoms with Crippen LogP contribution in [0.2, 0.25) is 0 Å². The van der Waals surface area contributed by atoms with Gasteiger partial charge in [-0.15, -0.1) is 0 Å².